The van der Waals surface area contributed by atoms with Crippen LogP contribution in [0, 0.1) is 0 Å². The molecule has 1 N–H and O–H groups in total. The van der Waals surface area contributed by atoms with Crippen LogP contribution in [0.25, 0.3) is 22.6 Å². The van der Waals surface area contributed by atoms with Crippen LogP contribution in [0.1, 0.15) is 5.56 Å². The van der Waals surface area contributed by atoms with Crippen LogP contribution in [-0.2, 0) is 11.2 Å². The molecule has 1 aromatic heterocycles. The summed E-state index contributed by atoms with van der Waals surface area (Å²) < 4.78 is 5.78. The fourth-order valence-corrected chi connectivity index (χ4v) is 3.17. The van der Waals surface area contributed by atoms with Gasteiger partial charge in [-0.1, -0.05) is 41.4 Å². The van der Waals surface area contributed by atoms with Crippen molar-refractivity contribution in [3.63, 3.8) is 0 Å². The molecular weight excluding hydrogens is 383 g/mol. The molecular formula is C21H14Cl2N2O2. The Kier molecular flexibility index (Phi) is 4.84. The maximum Gasteiger partial charge on any atom is 0.228 e. The summed E-state index contributed by atoms with van der Waals surface area (Å²) in [4.78, 5) is 16.8. The van der Waals surface area contributed by atoms with Gasteiger partial charge in [-0.05, 0) is 54.1 Å². The van der Waals surface area contributed by atoms with E-state index in [0.29, 0.717) is 32.7 Å². The lowest BCUT2D eigenvalue weighted by atomic mass is 10.1. The van der Waals surface area contributed by atoms with Crippen LogP contribution >= 0.6 is 23.2 Å². The Morgan fingerprint density at radius 2 is 1.78 bits per heavy atom. The third kappa shape index (κ3) is 4.13. The number of nitrogens with one attached hydrogen (secondary N) is 1. The molecule has 4 nitrogen and oxygen atoms in total. The van der Waals surface area contributed by atoms with Crippen LogP contribution in [0.2, 0.25) is 10.0 Å². The largest absolute Gasteiger partial charge is 0.436 e. The number of carbonyl (C=O) groups excluding carboxylic acids is 1. The van der Waals surface area contributed by atoms with Crippen LogP contribution < -0.4 is 5.32 Å². The van der Waals surface area contributed by atoms with Gasteiger partial charge in [0.05, 0.1) is 6.42 Å². The van der Waals surface area contributed by atoms with Crippen molar-refractivity contribution in [3.05, 3.63) is 82.3 Å². The zero-order valence-corrected chi connectivity index (χ0v) is 15.6. The van der Waals surface area contributed by atoms with Gasteiger partial charge in [0, 0.05) is 21.3 Å². The lowest BCUT2D eigenvalue weighted by molar-refractivity contribution is -0.115. The quantitative estimate of drug-likeness (QED) is 0.461. The smallest absolute Gasteiger partial charge is 0.228 e. The van der Waals surface area contributed by atoms with Crippen LogP contribution in [0.4, 0.5) is 5.69 Å². The minimum atomic E-state index is -0.126. The summed E-state index contributed by atoms with van der Waals surface area (Å²) in [5.74, 6) is 0.344. The van der Waals surface area contributed by atoms with Crippen molar-refractivity contribution in [2.45, 2.75) is 6.42 Å². The van der Waals surface area contributed by atoms with Gasteiger partial charge in [-0.2, -0.15) is 0 Å². The van der Waals surface area contributed by atoms with Gasteiger partial charge in [0.25, 0.3) is 0 Å². The van der Waals surface area contributed by atoms with Crippen molar-refractivity contribution in [2.24, 2.45) is 0 Å². The molecule has 4 aromatic rings. The predicted octanol–water partition coefficient (Wildman–Crippen LogP) is 5.98. The first-order valence-corrected chi connectivity index (χ1v) is 9.03. The van der Waals surface area contributed by atoms with E-state index in [9.17, 15) is 4.79 Å². The number of carbonyl (C=O) groups is 1. The molecule has 0 atom stereocenters. The average Bonchev–Trinajstić information content (AvgIpc) is 3.05. The maximum atomic E-state index is 12.3. The zero-order chi connectivity index (χ0) is 18.8. The van der Waals surface area contributed by atoms with Crippen molar-refractivity contribution in [1.29, 1.82) is 0 Å². The maximum absolute atomic E-state index is 12.3. The number of hydrogen-bond acceptors (Lipinski definition) is 3. The number of oxazole rings is 1. The molecule has 0 saturated heterocycles. The summed E-state index contributed by atoms with van der Waals surface area (Å²) in [5.41, 5.74) is 3.63. The third-order valence-corrected chi connectivity index (χ3v) is 4.47. The number of amides is 1. The van der Waals surface area contributed by atoms with E-state index < -0.39 is 0 Å². The number of anilines is 1. The highest BCUT2D eigenvalue weighted by atomic mass is 35.5. The lowest BCUT2D eigenvalue weighted by Crippen LogP contribution is -2.14. The number of fused-ring (bicyclic) bond motifs is 1. The first kappa shape index (κ1) is 17.6. The van der Waals surface area contributed by atoms with Crippen molar-refractivity contribution in [1.82, 2.24) is 4.98 Å². The summed E-state index contributed by atoms with van der Waals surface area (Å²) in [5, 5.41) is 4.10. The second kappa shape index (κ2) is 7.43. The van der Waals surface area contributed by atoms with Crippen LogP contribution in [0.5, 0.6) is 0 Å². The van der Waals surface area contributed by atoms with Gasteiger partial charge in [-0.25, -0.2) is 4.98 Å². The Morgan fingerprint density at radius 1 is 0.963 bits per heavy atom. The minimum absolute atomic E-state index is 0.126. The molecule has 1 amide bonds. The summed E-state index contributed by atoms with van der Waals surface area (Å²) >= 11 is 12.0. The first-order chi connectivity index (χ1) is 13.1. The van der Waals surface area contributed by atoms with Gasteiger partial charge in [0.15, 0.2) is 5.58 Å². The zero-order valence-electron chi connectivity index (χ0n) is 14.1. The Hall–Kier alpha value is -2.82. The molecule has 0 aliphatic rings. The first-order valence-electron chi connectivity index (χ1n) is 8.28. The molecule has 6 heteroatoms. The van der Waals surface area contributed by atoms with E-state index in [4.69, 9.17) is 27.6 Å². The molecule has 0 radical (unpaired) electrons. The Balaban J connectivity index is 1.53. The van der Waals surface area contributed by atoms with E-state index in [0.717, 1.165) is 11.1 Å². The van der Waals surface area contributed by atoms with Gasteiger partial charge < -0.3 is 9.73 Å². The topological polar surface area (TPSA) is 55.1 Å². The van der Waals surface area contributed by atoms with E-state index in [-0.39, 0.29) is 12.3 Å². The number of benzene rings is 3. The molecule has 0 aliphatic carbocycles. The monoisotopic (exact) mass is 396 g/mol. The highest BCUT2D eigenvalue weighted by Crippen LogP contribution is 2.27. The van der Waals surface area contributed by atoms with Gasteiger partial charge in [0.1, 0.15) is 5.52 Å². The standard InChI is InChI=1S/C21H14Cl2N2O2/c22-15-5-1-3-13(9-15)10-20(26)24-17-6-2-4-14(11-17)21-25-18-12-16(23)7-8-19(18)27-21/h1-9,11-12H,10H2,(H,24,26). The Morgan fingerprint density at radius 3 is 2.63 bits per heavy atom. The summed E-state index contributed by atoms with van der Waals surface area (Å²) in [6.45, 7) is 0. The molecule has 134 valence electrons. The van der Waals surface area contributed by atoms with Crippen LogP contribution in [0.3, 0.4) is 0 Å². The molecule has 0 fully saturated rings. The van der Waals surface area contributed by atoms with E-state index in [1.165, 1.54) is 0 Å². The van der Waals surface area contributed by atoms with Gasteiger partial charge in [-0.15, -0.1) is 0 Å². The average molecular weight is 397 g/mol. The Labute approximate surface area is 165 Å². The SMILES string of the molecule is O=C(Cc1cccc(Cl)c1)Nc1cccc(-c2nc3cc(Cl)ccc3o2)c1. The highest BCUT2D eigenvalue weighted by molar-refractivity contribution is 6.31. The van der Waals surface area contributed by atoms with Crippen LogP contribution in [0.15, 0.2) is 71.1 Å². The lowest BCUT2D eigenvalue weighted by Gasteiger charge is -2.06. The van der Waals surface area contributed by atoms with Crippen molar-refractivity contribution < 1.29 is 9.21 Å². The molecule has 1 heterocycles. The number of rotatable bonds is 4. The van der Waals surface area contributed by atoms with E-state index in [1.807, 2.05) is 36.4 Å². The minimum Gasteiger partial charge on any atom is -0.436 e. The van der Waals surface area contributed by atoms with Gasteiger partial charge >= 0.3 is 0 Å². The van der Waals surface area contributed by atoms with Crippen molar-refractivity contribution in [3.8, 4) is 11.5 Å². The van der Waals surface area contributed by atoms with Gasteiger partial charge in [-0.3, -0.25) is 4.79 Å². The molecule has 0 spiro atoms. The summed E-state index contributed by atoms with van der Waals surface area (Å²) in [6.07, 6.45) is 0.242. The highest BCUT2D eigenvalue weighted by Gasteiger charge is 2.10. The van der Waals surface area contributed by atoms with Crippen LogP contribution in [-0.4, -0.2) is 10.9 Å². The summed E-state index contributed by atoms with van der Waals surface area (Å²) in [7, 11) is 0. The predicted molar refractivity (Wildman–Crippen MR) is 108 cm³/mol. The van der Waals surface area contributed by atoms with Gasteiger partial charge in [0.2, 0.25) is 11.8 Å². The molecule has 4 rings (SSSR count). The van der Waals surface area contributed by atoms with E-state index in [1.54, 1.807) is 30.3 Å². The van der Waals surface area contributed by atoms with E-state index >= 15 is 0 Å². The number of aromatic nitrogens is 1. The fraction of sp³-hybridized carbons (Fsp3) is 0.0476. The fourth-order valence-electron chi connectivity index (χ4n) is 2.79. The summed E-state index contributed by atoms with van der Waals surface area (Å²) in [6, 6.07) is 19.9. The second-order valence-corrected chi connectivity index (χ2v) is 6.94. The van der Waals surface area contributed by atoms with Crippen molar-refractivity contribution in [2.75, 3.05) is 5.32 Å². The normalized spacial score (nSPS) is 10.9. The molecule has 0 aliphatic heterocycles. The number of halogens is 2. The third-order valence-electron chi connectivity index (χ3n) is 4.00. The number of hydrogen-bond donors (Lipinski definition) is 1. The molecule has 0 bridgehead atoms. The van der Waals surface area contributed by atoms with E-state index in [2.05, 4.69) is 10.3 Å². The second-order valence-electron chi connectivity index (χ2n) is 6.07. The Bertz CT molecular complexity index is 1140. The molecule has 27 heavy (non-hydrogen) atoms. The molecule has 0 saturated carbocycles. The number of nitrogens with zero attached hydrogens (tertiary/aromatic N) is 1. The molecule has 3 aromatic carbocycles. The van der Waals surface area contributed by atoms with Crippen molar-refractivity contribution >= 4 is 45.9 Å². The molecule has 0 unspecified atom stereocenters.